The molecule has 0 spiro atoms. The molecule has 0 amide bonds. The molecule has 3 rings (SSSR count). The Bertz CT molecular complexity index is 632. The van der Waals surface area contributed by atoms with Gasteiger partial charge in [-0.05, 0) is 36.5 Å². The van der Waals surface area contributed by atoms with Crippen LogP contribution in [-0.2, 0) is 7.05 Å². The summed E-state index contributed by atoms with van der Waals surface area (Å²) < 4.78 is 2.07. The summed E-state index contributed by atoms with van der Waals surface area (Å²) in [7, 11) is 2.02. The number of fused-ring (bicyclic) bond motifs is 1. The molecule has 2 nitrogen and oxygen atoms in total. The van der Waals surface area contributed by atoms with Crippen LogP contribution in [-0.4, -0.2) is 10.4 Å². The topological polar surface area (TPSA) is 22.0 Å². The minimum atomic E-state index is 0.272. The number of aromatic nitrogens is 1. The maximum atomic E-state index is 12.5. The maximum Gasteiger partial charge on any atom is 0.168 e. The van der Waals surface area contributed by atoms with Gasteiger partial charge in [0.25, 0.3) is 0 Å². The molecule has 0 bridgehead atoms. The van der Waals surface area contributed by atoms with Crippen LogP contribution in [0.3, 0.4) is 0 Å². The van der Waals surface area contributed by atoms with Gasteiger partial charge in [0.1, 0.15) is 0 Å². The van der Waals surface area contributed by atoms with Gasteiger partial charge in [0, 0.05) is 35.6 Å². The van der Waals surface area contributed by atoms with E-state index in [4.69, 9.17) is 0 Å². The predicted octanol–water partition coefficient (Wildman–Crippen LogP) is 4.28. The molecule has 2 heteroatoms. The number of ketones is 1. The van der Waals surface area contributed by atoms with E-state index in [2.05, 4.69) is 36.6 Å². The lowest BCUT2D eigenvalue weighted by Gasteiger charge is -2.23. The third-order valence-corrected chi connectivity index (χ3v) is 4.42. The van der Waals surface area contributed by atoms with Crippen LogP contribution in [0.4, 0.5) is 0 Å². The van der Waals surface area contributed by atoms with Gasteiger partial charge in [-0.2, -0.15) is 0 Å². The van der Waals surface area contributed by atoms with Gasteiger partial charge in [0.05, 0.1) is 0 Å². The first-order valence-electron chi connectivity index (χ1n) is 7.21. The molecule has 0 aliphatic heterocycles. The molecule has 0 N–H and O–H groups in total. The first kappa shape index (κ1) is 12.5. The van der Waals surface area contributed by atoms with E-state index in [-0.39, 0.29) is 5.92 Å². The Balaban J connectivity index is 2.12. The summed E-state index contributed by atoms with van der Waals surface area (Å²) >= 11 is 0. The van der Waals surface area contributed by atoms with Gasteiger partial charge in [-0.1, -0.05) is 26.3 Å². The highest BCUT2D eigenvalue weighted by Crippen LogP contribution is 2.33. The molecule has 1 heterocycles. The summed E-state index contributed by atoms with van der Waals surface area (Å²) in [6.07, 6.45) is 5.35. The number of nitrogens with zero attached hydrogens (tertiary/aromatic N) is 1. The molecule has 100 valence electrons. The Morgan fingerprint density at radius 2 is 2.05 bits per heavy atom. The van der Waals surface area contributed by atoms with Crippen molar-refractivity contribution in [3.8, 4) is 0 Å². The minimum absolute atomic E-state index is 0.272. The Kier molecular flexibility index (Phi) is 2.96. The van der Waals surface area contributed by atoms with Crippen LogP contribution < -0.4 is 0 Å². The first-order valence-corrected chi connectivity index (χ1v) is 7.21. The Labute approximate surface area is 114 Å². The van der Waals surface area contributed by atoms with Gasteiger partial charge < -0.3 is 4.57 Å². The number of Topliss-reactive ketones (excluding diaryl/α,β-unsaturated/α-hetero) is 1. The summed E-state index contributed by atoms with van der Waals surface area (Å²) in [6.45, 7) is 4.38. The molecule has 0 radical (unpaired) electrons. The van der Waals surface area contributed by atoms with Crippen LogP contribution >= 0.6 is 0 Å². The molecule has 1 saturated carbocycles. The molecule has 0 unspecified atom stereocenters. The van der Waals surface area contributed by atoms with E-state index in [0.29, 0.717) is 11.7 Å². The van der Waals surface area contributed by atoms with Gasteiger partial charge in [-0.15, -0.1) is 0 Å². The van der Waals surface area contributed by atoms with Crippen LogP contribution in [0.15, 0.2) is 24.4 Å². The predicted molar refractivity (Wildman–Crippen MR) is 78.7 cm³/mol. The van der Waals surface area contributed by atoms with Crippen molar-refractivity contribution < 1.29 is 4.79 Å². The Morgan fingerprint density at radius 3 is 2.63 bits per heavy atom. The molecular formula is C17H21NO. The lowest BCUT2D eigenvalue weighted by molar-refractivity contribution is 0.0857. The second kappa shape index (κ2) is 4.52. The van der Waals surface area contributed by atoms with Crippen LogP contribution in [0.25, 0.3) is 10.9 Å². The van der Waals surface area contributed by atoms with E-state index < -0.39 is 0 Å². The van der Waals surface area contributed by atoms with E-state index in [0.717, 1.165) is 29.3 Å². The van der Waals surface area contributed by atoms with Gasteiger partial charge in [0.2, 0.25) is 0 Å². The average Bonchev–Trinajstić information content (AvgIpc) is 2.64. The highest BCUT2D eigenvalue weighted by Gasteiger charge is 2.28. The molecule has 19 heavy (non-hydrogen) atoms. The van der Waals surface area contributed by atoms with Gasteiger partial charge in [-0.3, -0.25) is 4.79 Å². The van der Waals surface area contributed by atoms with Gasteiger partial charge in [-0.25, -0.2) is 0 Å². The van der Waals surface area contributed by atoms with Crippen LogP contribution in [0.5, 0.6) is 0 Å². The fourth-order valence-corrected chi connectivity index (χ4v) is 2.86. The van der Waals surface area contributed by atoms with Gasteiger partial charge >= 0.3 is 0 Å². The number of carbonyl (C=O) groups is 1. The third-order valence-electron chi connectivity index (χ3n) is 4.42. The zero-order valence-corrected chi connectivity index (χ0v) is 11.9. The number of hydrogen-bond donors (Lipinski definition) is 0. The summed E-state index contributed by atoms with van der Waals surface area (Å²) in [5.41, 5.74) is 3.39. The molecule has 0 atom stereocenters. The van der Waals surface area contributed by atoms with Crippen molar-refractivity contribution >= 4 is 16.7 Å². The second-order valence-corrected chi connectivity index (χ2v) is 6.08. The molecular weight excluding hydrogens is 234 g/mol. The highest BCUT2D eigenvalue weighted by atomic mass is 16.1. The van der Waals surface area contributed by atoms with Crippen molar-refractivity contribution in [2.45, 2.75) is 39.0 Å². The monoisotopic (exact) mass is 255 g/mol. The molecule has 1 aromatic heterocycles. The lowest BCUT2D eigenvalue weighted by Crippen LogP contribution is -2.21. The molecule has 1 fully saturated rings. The van der Waals surface area contributed by atoms with Crippen molar-refractivity contribution in [3.63, 3.8) is 0 Å². The van der Waals surface area contributed by atoms with E-state index in [1.165, 1.54) is 12.0 Å². The third kappa shape index (κ3) is 1.99. The largest absolute Gasteiger partial charge is 0.350 e. The van der Waals surface area contributed by atoms with E-state index in [9.17, 15) is 4.79 Å². The van der Waals surface area contributed by atoms with Crippen molar-refractivity contribution in [3.05, 3.63) is 35.5 Å². The SMILES string of the molecule is CC(C)c1ccc2c(c1)c(C(=O)C1CCC1)cn2C. The number of aryl methyl sites for hydroxylation is 1. The Hall–Kier alpha value is -1.57. The van der Waals surface area contributed by atoms with Crippen molar-refractivity contribution in [1.29, 1.82) is 0 Å². The zero-order chi connectivity index (χ0) is 13.6. The average molecular weight is 255 g/mol. The maximum absolute atomic E-state index is 12.5. The van der Waals surface area contributed by atoms with Crippen molar-refractivity contribution in [1.82, 2.24) is 4.57 Å². The first-order chi connectivity index (χ1) is 9.08. The smallest absolute Gasteiger partial charge is 0.168 e. The number of benzene rings is 1. The van der Waals surface area contributed by atoms with E-state index in [1.54, 1.807) is 0 Å². The van der Waals surface area contributed by atoms with Crippen molar-refractivity contribution in [2.24, 2.45) is 13.0 Å². The zero-order valence-electron chi connectivity index (χ0n) is 11.9. The van der Waals surface area contributed by atoms with Crippen LogP contribution in [0, 0.1) is 5.92 Å². The fourth-order valence-electron chi connectivity index (χ4n) is 2.86. The number of rotatable bonds is 3. The standard InChI is InChI=1S/C17H21NO/c1-11(2)13-7-8-16-14(9-13)15(10-18(16)3)17(19)12-5-4-6-12/h7-12H,4-6H2,1-3H3. The van der Waals surface area contributed by atoms with E-state index >= 15 is 0 Å². The highest BCUT2D eigenvalue weighted by molar-refractivity contribution is 6.09. The molecule has 2 aromatic rings. The fraction of sp³-hybridized carbons (Fsp3) is 0.471. The molecule has 0 saturated heterocycles. The molecule has 1 aromatic carbocycles. The Morgan fingerprint density at radius 1 is 1.32 bits per heavy atom. The number of carbonyl (C=O) groups excluding carboxylic acids is 1. The summed E-state index contributed by atoms with van der Waals surface area (Å²) in [5, 5.41) is 1.13. The van der Waals surface area contributed by atoms with Crippen LogP contribution in [0.1, 0.15) is 54.9 Å². The second-order valence-electron chi connectivity index (χ2n) is 6.08. The quantitative estimate of drug-likeness (QED) is 0.750. The van der Waals surface area contributed by atoms with Crippen LogP contribution in [0.2, 0.25) is 0 Å². The van der Waals surface area contributed by atoms with Crippen molar-refractivity contribution in [2.75, 3.05) is 0 Å². The summed E-state index contributed by atoms with van der Waals surface area (Å²) in [6, 6.07) is 6.51. The minimum Gasteiger partial charge on any atom is -0.350 e. The van der Waals surface area contributed by atoms with E-state index in [1.807, 2.05) is 13.2 Å². The summed E-state index contributed by atoms with van der Waals surface area (Å²) in [4.78, 5) is 12.5. The molecule has 1 aliphatic carbocycles. The normalized spacial score (nSPS) is 16.0. The van der Waals surface area contributed by atoms with Gasteiger partial charge in [0.15, 0.2) is 5.78 Å². The lowest BCUT2D eigenvalue weighted by atomic mass is 9.80. The molecule has 1 aliphatic rings. The summed E-state index contributed by atoms with van der Waals surface area (Å²) in [5.74, 6) is 1.11. The number of hydrogen-bond acceptors (Lipinski definition) is 1.